The predicted molar refractivity (Wildman–Crippen MR) is 186 cm³/mol. The molecule has 3 aromatic heterocycles. The lowest BCUT2D eigenvalue weighted by Crippen LogP contribution is -2.41. The third-order valence-corrected chi connectivity index (χ3v) is 9.60. The first-order valence-electron chi connectivity index (χ1n) is 15.8. The minimum Gasteiger partial charge on any atom is -0.455 e. The van der Waals surface area contributed by atoms with E-state index in [0.717, 1.165) is 60.4 Å². The minimum atomic E-state index is -0.488. The number of nitrogens with zero attached hydrogens (tertiary/aromatic N) is 3. The normalized spacial score (nSPS) is 15.8. The summed E-state index contributed by atoms with van der Waals surface area (Å²) in [6, 6.07) is 36.3. The van der Waals surface area contributed by atoms with Crippen LogP contribution < -0.4 is 5.46 Å². The third-order valence-electron chi connectivity index (χ3n) is 9.60. The van der Waals surface area contributed by atoms with E-state index in [1.807, 2.05) is 78.9 Å². The molecule has 9 rings (SSSR count). The number of hydrogen-bond acceptors (Lipinski definition) is 7. The molecule has 0 amide bonds. The molecule has 7 nitrogen and oxygen atoms in total. The molecule has 0 unspecified atom stereocenters. The molecule has 5 aromatic carbocycles. The number of hydrogen-bond donors (Lipinski definition) is 0. The molecule has 8 aromatic rings. The van der Waals surface area contributed by atoms with Gasteiger partial charge in [-0.3, -0.25) is 0 Å². The van der Waals surface area contributed by atoms with Crippen LogP contribution in [-0.2, 0) is 9.31 Å². The van der Waals surface area contributed by atoms with Gasteiger partial charge in [-0.25, -0.2) is 15.0 Å². The Hall–Kier alpha value is -5.31. The minimum absolute atomic E-state index is 0.437. The molecule has 0 aliphatic carbocycles. The second-order valence-electron chi connectivity index (χ2n) is 13.1. The highest BCUT2D eigenvalue weighted by molar-refractivity contribution is 6.62. The Kier molecular flexibility index (Phi) is 6.01. The first-order valence-corrected chi connectivity index (χ1v) is 15.8. The highest BCUT2D eigenvalue weighted by Crippen LogP contribution is 2.40. The Morgan fingerprint density at radius 1 is 0.489 bits per heavy atom. The van der Waals surface area contributed by atoms with E-state index in [1.54, 1.807) is 0 Å². The third kappa shape index (κ3) is 4.40. The van der Waals surface area contributed by atoms with Crippen molar-refractivity contribution in [3.05, 3.63) is 109 Å². The van der Waals surface area contributed by atoms with Gasteiger partial charge in [0.25, 0.3) is 0 Å². The van der Waals surface area contributed by atoms with E-state index in [4.69, 9.17) is 33.1 Å². The molecule has 228 valence electrons. The van der Waals surface area contributed by atoms with Gasteiger partial charge in [0.15, 0.2) is 17.5 Å². The molecule has 4 heterocycles. The zero-order valence-corrected chi connectivity index (χ0v) is 26.4. The van der Waals surface area contributed by atoms with Gasteiger partial charge in [0.1, 0.15) is 22.3 Å². The van der Waals surface area contributed by atoms with Crippen molar-refractivity contribution < 1.29 is 18.1 Å². The van der Waals surface area contributed by atoms with Crippen molar-refractivity contribution in [2.45, 2.75) is 38.9 Å². The van der Waals surface area contributed by atoms with Gasteiger partial charge in [-0.1, -0.05) is 84.9 Å². The van der Waals surface area contributed by atoms with Gasteiger partial charge in [-0.05, 0) is 57.4 Å². The van der Waals surface area contributed by atoms with E-state index < -0.39 is 18.3 Å². The Morgan fingerprint density at radius 2 is 1.02 bits per heavy atom. The van der Waals surface area contributed by atoms with Gasteiger partial charge in [0.05, 0.1) is 22.3 Å². The molecule has 0 atom stereocenters. The number of fused-ring (bicyclic) bond motifs is 6. The Bertz CT molecular complexity index is 2480. The zero-order valence-electron chi connectivity index (χ0n) is 26.4. The van der Waals surface area contributed by atoms with Crippen molar-refractivity contribution in [1.82, 2.24) is 15.0 Å². The summed E-state index contributed by atoms with van der Waals surface area (Å²) >= 11 is 0. The average Bonchev–Trinajstić information content (AvgIpc) is 3.72. The predicted octanol–water partition coefficient (Wildman–Crippen LogP) is 8.97. The maximum absolute atomic E-state index is 6.61. The van der Waals surface area contributed by atoms with Crippen LogP contribution in [0.15, 0.2) is 118 Å². The van der Waals surface area contributed by atoms with E-state index in [1.165, 1.54) is 0 Å². The summed E-state index contributed by atoms with van der Waals surface area (Å²) in [4.78, 5) is 15.1. The quantitative estimate of drug-likeness (QED) is 0.183. The summed E-state index contributed by atoms with van der Waals surface area (Å²) in [6.45, 7) is 8.22. The van der Waals surface area contributed by atoms with E-state index in [-0.39, 0.29) is 0 Å². The number of benzene rings is 5. The van der Waals surface area contributed by atoms with Crippen LogP contribution >= 0.6 is 0 Å². The molecular weight excluding hydrogens is 585 g/mol. The molecule has 0 radical (unpaired) electrons. The van der Waals surface area contributed by atoms with Crippen LogP contribution in [0.3, 0.4) is 0 Å². The van der Waals surface area contributed by atoms with Crippen molar-refractivity contribution in [3.8, 4) is 34.2 Å². The molecular formula is C39H30BN3O4. The van der Waals surface area contributed by atoms with Gasteiger partial charge < -0.3 is 18.1 Å². The summed E-state index contributed by atoms with van der Waals surface area (Å²) in [6.07, 6.45) is 0. The standard InChI is InChI=1S/C39H30BN3O4/c1-38(2)39(3,4)47-40(46-38)24-20-21-26-28-16-11-18-30(34(28)45-32(26)22-24)37-42-35(23-12-6-5-7-13-23)41-36(43-37)29-17-10-15-27-25-14-8-9-19-31(25)44-33(27)29/h5-22H,1-4H3. The Balaban J connectivity index is 1.23. The Morgan fingerprint density at radius 3 is 1.68 bits per heavy atom. The lowest BCUT2D eigenvalue weighted by atomic mass is 9.79. The second kappa shape index (κ2) is 10.1. The van der Waals surface area contributed by atoms with Crippen LogP contribution in [0.2, 0.25) is 0 Å². The number of para-hydroxylation sites is 3. The van der Waals surface area contributed by atoms with Crippen molar-refractivity contribution in [2.24, 2.45) is 0 Å². The lowest BCUT2D eigenvalue weighted by molar-refractivity contribution is 0.00578. The summed E-state index contributed by atoms with van der Waals surface area (Å²) in [5.41, 5.74) is 5.48. The molecule has 1 saturated heterocycles. The highest BCUT2D eigenvalue weighted by atomic mass is 16.7. The molecule has 1 fully saturated rings. The van der Waals surface area contributed by atoms with Crippen molar-refractivity contribution in [2.75, 3.05) is 0 Å². The number of rotatable bonds is 4. The smallest absolute Gasteiger partial charge is 0.455 e. The SMILES string of the molecule is CC1(C)OB(c2ccc3c(c2)oc2c(-c4nc(-c5ccccc5)nc(-c5cccc6c5oc5ccccc56)n4)cccc23)OC1(C)C. The fourth-order valence-electron chi connectivity index (χ4n) is 6.37. The molecule has 1 aliphatic rings. The van der Waals surface area contributed by atoms with Crippen LogP contribution in [0.5, 0.6) is 0 Å². The van der Waals surface area contributed by atoms with E-state index >= 15 is 0 Å². The molecule has 0 saturated carbocycles. The monoisotopic (exact) mass is 615 g/mol. The van der Waals surface area contributed by atoms with E-state index in [2.05, 4.69) is 58.0 Å². The van der Waals surface area contributed by atoms with Gasteiger partial charge >= 0.3 is 7.12 Å². The Labute approximate surface area is 271 Å². The number of furan rings is 2. The van der Waals surface area contributed by atoms with Crippen LogP contribution in [0.4, 0.5) is 0 Å². The van der Waals surface area contributed by atoms with Crippen LogP contribution in [0.25, 0.3) is 78.0 Å². The average molecular weight is 615 g/mol. The van der Waals surface area contributed by atoms with Crippen LogP contribution in [0.1, 0.15) is 27.7 Å². The number of aromatic nitrogens is 3. The van der Waals surface area contributed by atoms with E-state index in [0.29, 0.717) is 23.1 Å². The fourth-order valence-corrected chi connectivity index (χ4v) is 6.37. The first kappa shape index (κ1) is 28.0. The molecule has 47 heavy (non-hydrogen) atoms. The van der Waals surface area contributed by atoms with Crippen LogP contribution in [0, 0.1) is 0 Å². The lowest BCUT2D eigenvalue weighted by Gasteiger charge is -2.32. The fraction of sp³-hybridized carbons (Fsp3) is 0.154. The maximum Gasteiger partial charge on any atom is 0.494 e. The van der Waals surface area contributed by atoms with Crippen LogP contribution in [-0.4, -0.2) is 33.3 Å². The van der Waals surface area contributed by atoms with Crippen molar-refractivity contribution in [3.63, 3.8) is 0 Å². The van der Waals surface area contributed by atoms with Gasteiger partial charge in [0.2, 0.25) is 0 Å². The van der Waals surface area contributed by atoms with E-state index in [9.17, 15) is 0 Å². The van der Waals surface area contributed by atoms with Gasteiger partial charge in [-0.2, -0.15) is 0 Å². The molecule has 8 heteroatoms. The maximum atomic E-state index is 6.61. The topological polar surface area (TPSA) is 83.4 Å². The molecule has 0 N–H and O–H groups in total. The largest absolute Gasteiger partial charge is 0.494 e. The summed E-state index contributed by atoms with van der Waals surface area (Å²) < 4.78 is 25.6. The van der Waals surface area contributed by atoms with Gasteiger partial charge in [0, 0.05) is 27.1 Å². The summed E-state index contributed by atoms with van der Waals surface area (Å²) in [5, 5.41) is 4.03. The summed E-state index contributed by atoms with van der Waals surface area (Å²) in [7, 11) is -0.488. The molecule has 0 bridgehead atoms. The van der Waals surface area contributed by atoms with Gasteiger partial charge in [-0.15, -0.1) is 0 Å². The molecule has 0 spiro atoms. The first-order chi connectivity index (χ1) is 22.8. The highest BCUT2D eigenvalue weighted by Gasteiger charge is 2.51. The second-order valence-corrected chi connectivity index (χ2v) is 13.1. The van der Waals surface area contributed by atoms with Crippen molar-refractivity contribution in [1.29, 1.82) is 0 Å². The zero-order chi connectivity index (χ0) is 31.9. The van der Waals surface area contributed by atoms with Crippen molar-refractivity contribution >= 4 is 56.5 Å². The summed E-state index contributed by atoms with van der Waals surface area (Å²) in [5.74, 6) is 1.60. The molecule has 1 aliphatic heterocycles.